The van der Waals surface area contributed by atoms with Crippen molar-refractivity contribution >= 4 is 40.1 Å². The fourth-order valence-electron chi connectivity index (χ4n) is 5.06. The number of aromatic nitrogens is 2. The first-order valence-corrected chi connectivity index (χ1v) is 17.1. The van der Waals surface area contributed by atoms with E-state index in [1.807, 2.05) is 48.5 Å². The van der Waals surface area contributed by atoms with E-state index in [9.17, 15) is 0 Å². The standard InChI is InChI=1S/C18H23N3O.C12H16BrNO2.C5H7BN2O2/c19-18-8-7-16(14-20-18)15-5-4-6-17(13-15)22-12-11-21-9-2-1-3-10-21;13-11-2-1-3-12(10-11)16-9-6-14-4-7-15-8-5-14;7-5-2-1-4(3-8-5)6(9)10/h4-8,13-14H,1-3,9-12H2,(H2,19,20);1-3,10H,4-9H2;1-3,9-10H,(H2,7,8). The molecule has 6 N–H and O–H groups in total. The van der Waals surface area contributed by atoms with Crippen molar-refractivity contribution < 1.29 is 24.3 Å². The van der Waals surface area contributed by atoms with Crippen molar-refractivity contribution in [3.8, 4) is 22.6 Å². The largest absolute Gasteiger partial charge is 0.492 e. The van der Waals surface area contributed by atoms with Crippen molar-refractivity contribution in [2.24, 2.45) is 0 Å². The summed E-state index contributed by atoms with van der Waals surface area (Å²) in [6.07, 6.45) is 7.12. The van der Waals surface area contributed by atoms with Gasteiger partial charge in [0.15, 0.2) is 0 Å². The SMILES string of the molecule is Brc1cccc(OCCN2CCOCC2)c1.Nc1ccc(-c2cccc(OCCN3CCCCC3)c2)cn1.Nc1ccc(B(O)O)cn1. The second-order valence-electron chi connectivity index (χ2n) is 11.4. The first kappa shape index (κ1) is 37.1. The van der Waals surface area contributed by atoms with E-state index in [0.29, 0.717) is 17.1 Å². The molecule has 2 aliphatic heterocycles. The molecular formula is C35H46BBrN6O5. The number of pyridine rings is 2. The van der Waals surface area contributed by atoms with E-state index in [1.165, 1.54) is 50.7 Å². The third kappa shape index (κ3) is 13.8. The number of halogens is 1. The Morgan fingerprint density at radius 1 is 0.708 bits per heavy atom. The van der Waals surface area contributed by atoms with Gasteiger partial charge in [-0.15, -0.1) is 0 Å². The van der Waals surface area contributed by atoms with Crippen LogP contribution in [0.25, 0.3) is 11.1 Å². The van der Waals surface area contributed by atoms with E-state index < -0.39 is 7.12 Å². The first-order chi connectivity index (χ1) is 23.4. The minimum Gasteiger partial charge on any atom is -0.492 e. The average molecular weight is 722 g/mol. The highest BCUT2D eigenvalue weighted by Gasteiger charge is 2.11. The van der Waals surface area contributed by atoms with Crippen LogP contribution in [0.3, 0.4) is 0 Å². The Labute approximate surface area is 292 Å². The molecule has 0 aliphatic carbocycles. The third-order valence-electron chi connectivity index (χ3n) is 7.76. The van der Waals surface area contributed by atoms with Gasteiger partial charge in [-0.25, -0.2) is 9.97 Å². The van der Waals surface area contributed by atoms with Gasteiger partial charge in [-0.05, 0) is 80.0 Å². The molecule has 4 aromatic rings. The Morgan fingerprint density at radius 2 is 1.31 bits per heavy atom. The predicted octanol–water partition coefficient (Wildman–Crippen LogP) is 3.70. The zero-order valence-corrected chi connectivity index (χ0v) is 28.9. The fraction of sp³-hybridized carbons (Fsp3) is 0.371. The molecule has 11 nitrogen and oxygen atoms in total. The molecule has 48 heavy (non-hydrogen) atoms. The van der Waals surface area contributed by atoms with Crippen LogP contribution in [0.4, 0.5) is 11.6 Å². The zero-order chi connectivity index (χ0) is 34.0. The Kier molecular flexibility index (Phi) is 15.9. The van der Waals surface area contributed by atoms with Crippen molar-refractivity contribution in [2.75, 3.05) is 77.2 Å². The highest BCUT2D eigenvalue weighted by molar-refractivity contribution is 9.10. The summed E-state index contributed by atoms with van der Waals surface area (Å²) in [5.41, 5.74) is 13.4. The number of likely N-dealkylation sites (tertiary alicyclic amines) is 1. The maximum Gasteiger partial charge on any atom is 0.490 e. The molecule has 0 bridgehead atoms. The summed E-state index contributed by atoms with van der Waals surface area (Å²) >= 11 is 3.42. The second kappa shape index (κ2) is 20.6. The summed E-state index contributed by atoms with van der Waals surface area (Å²) in [7, 11) is -1.46. The van der Waals surface area contributed by atoms with E-state index >= 15 is 0 Å². The number of rotatable bonds is 10. The van der Waals surface area contributed by atoms with Crippen molar-refractivity contribution in [1.29, 1.82) is 0 Å². The average Bonchev–Trinajstić information content (AvgIpc) is 3.11. The lowest BCUT2D eigenvalue weighted by Gasteiger charge is -2.26. The van der Waals surface area contributed by atoms with Crippen LogP contribution in [0, 0.1) is 0 Å². The Balaban J connectivity index is 0.000000175. The van der Waals surface area contributed by atoms with Gasteiger partial charge < -0.3 is 35.7 Å². The lowest BCUT2D eigenvalue weighted by molar-refractivity contribution is 0.0322. The number of nitrogen functional groups attached to an aromatic ring is 2. The van der Waals surface area contributed by atoms with Crippen LogP contribution < -0.4 is 26.4 Å². The maximum absolute atomic E-state index is 8.59. The summed E-state index contributed by atoms with van der Waals surface area (Å²) in [5.74, 6) is 2.73. The van der Waals surface area contributed by atoms with Gasteiger partial charge in [0.25, 0.3) is 0 Å². The van der Waals surface area contributed by atoms with Crippen molar-refractivity contribution in [2.45, 2.75) is 19.3 Å². The van der Waals surface area contributed by atoms with Gasteiger partial charge in [-0.2, -0.15) is 0 Å². The molecule has 0 radical (unpaired) electrons. The number of ether oxygens (including phenoxy) is 3. The first-order valence-electron chi connectivity index (χ1n) is 16.3. The van der Waals surface area contributed by atoms with Gasteiger partial charge in [0, 0.05) is 54.1 Å². The van der Waals surface area contributed by atoms with Gasteiger partial charge in [0.1, 0.15) is 36.3 Å². The third-order valence-corrected chi connectivity index (χ3v) is 8.26. The van der Waals surface area contributed by atoms with E-state index in [1.54, 1.807) is 6.20 Å². The highest BCUT2D eigenvalue weighted by Crippen LogP contribution is 2.24. The fourth-order valence-corrected chi connectivity index (χ4v) is 5.44. The lowest BCUT2D eigenvalue weighted by Crippen LogP contribution is -2.38. The minimum atomic E-state index is -1.46. The Morgan fingerprint density at radius 3 is 1.90 bits per heavy atom. The van der Waals surface area contributed by atoms with Crippen molar-refractivity contribution in [1.82, 2.24) is 19.8 Å². The molecule has 0 saturated carbocycles. The van der Waals surface area contributed by atoms with Gasteiger partial charge in [-0.1, -0.05) is 46.6 Å². The van der Waals surface area contributed by atoms with Crippen LogP contribution in [0.1, 0.15) is 19.3 Å². The molecule has 0 spiro atoms. The summed E-state index contributed by atoms with van der Waals surface area (Å²) in [6, 6.07) is 22.9. The number of piperidine rings is 1. The summed E-state index contributed by atoms with van der Waals surface area (Å²) < 4.78 is 17.9. The van der Waals surface area contributed by atoms with Gasteiger partial charge >= 0.3 is 7.12 Å². The Bertz CT molecular complexity index is 1470. The molecule has 4 heterocycles. The quantitative estimate of drug-likeness (QED) is 0.178. The molecule has 256 valence electrons. The van der Waals surface area contributed by atoms with Crippen LogP contribution >= 0.6 is 15.9 Å². The topological polar surface area (TPSA) is 152 Å². The van der Waals surface area contributed by atoms with E-state index in [-0.39, 0.29) is 0 Å². The molecule has 2 aromatic heterocycles. The summed E-state index contributed by atoms with van der Waals surface area (Å²) in [6.45, 7) is 9.59. The monoisotopic (exact) mass is 720 g/mol. The van der Waals surface area contributed by atoms with Gasteiger partial charge in [0.05, 0.1) is 13.2 Å². The zero-order valence-electron chi connectivity index (χ0n) is 27.3. The van der Waals surface area contributed by atoms with E-state index in [2.05, 4.69) is 47.8 Å². The van der Waals surface area contributed by atoms with Crippen molar-refractivity contribution in [3.05, 3.63) is 89.7 Å². The summed E-state index contributed by atoms with van der Waals surface area (Å²) in [4.78, 5) is 12.6. The number of benzene rings is 2. The number of hydrogen-bond acceptors (Lipinski definition) is 11. The van der Waals surface area contributed by atoms with Crippen LogP contribution in [0.15, 0.2) is 89.7 Å². The smallest absolute Gasteiger partial charge is 0.490 e. The number of nitrogens with two attached hydrogens (primary N) is 2. The van der Waals surface area contributed by atoms with Crippen LogP contribution in [-0.4, -0.2) is 103 Å². The second-order valence-corrected chi connectivity index (χ2v) is 12.3. The van der Waals surface area contributed by atoms with Crippen LogP contribution in [-0.2, 0) is 4.74 Å². The molecule has 13 heteroatoms. The molecule has 0 amide bonds. The van der Waals surface area contributed by atoms with E-state index in [0.717, 1.165) is 79.7 Å². The predicted molar refractivity (Wildman–Crippen MR) is 195 cm³/mol. The van der Waals surface area contributed by atoms with E-state index in [4.69, 9.17) is 35.7 Å². The van der Waals surface area contributed by atoms with Crippen molar-refractivity contribution in [3.63, 3.8) is 0 Å². The Hall–Kier alpha value is -3.72. The van der Waals surface area contributed by atoms with Crippen LogP contribution in [0.2, 0.25) is 0 Å². The van der Waals surface area contributed by atoms with Gasteiger partial charge in [-0.3, -0.25) is 9.80 Å². The minimum absolute atomic E-state index is 0.342. The van der Waals surface area contributed by atoms with Gasteiger partial charge in [0.2, 0.25) is 0 Å². The number of morpholine rings is 1. The molecule has 0 unspecified atom stereocenters. The number of hydrogen-bond donors (Lipinski definition) is 4. The normalized spacial score (nSPS) is 14.9. The molecule has 0 atom stereocenters. The molecule has 2 aromatic carbocycles. The highest BCUT2D eigenvalue weighted by atomic mass is 79.9. The molecule has 6 rings (SSSR count). The number of nitrogens with zero attached hydrogens (tertiary/aromatic N) is 4. The summed E-state index contributed by atoms with van der Waals surface area (Å²) in [5, 5.41) is 17.2. The molecule has 2 saturated heterocycles. The van der Waals surface area contributed by atoms with Crippen LogP contribution in [0.5, 0.6) is 11.5 Å². The lowest BCUT2D eigenvalue weighted by atomic mass is 9.82. The maximum atomic E-state index is 8.59. The number of anilines is 2. The molecular weight excluding hydrogens is 675 g/mol. The molecule has 2 fully saturated rings. The molecule has 2 aliphatic rings.